The van der Waals surface area contributed by atoms with Crippen LogP contribution < -0.4 is 0 Å². The number of amides is 1. The van der Waals surface area contributed by atoms with Gasteiger partial charge in [-0.05, 0) is 32.4 Å². The number of nitrogens with zero attached hydrogens (tertiary/aromatic N) is 2. The Bertz CT molecular complexity index is 829. The Morgan fingerprint density at radius 3 is 2.68 bits per heavy atom. The second-order valence-corrected chi connectivity index (χ2v) is 8.91. The van der Waals surface area contributed by atoms with E-state index in [4.69, 9.17) is 9.47 Å². The number of thiazole rings is 1. The highest BCUT2D eigenvalue weighted by atomic mass is 32.2. The molecule has 1 amide bonds. The molecule has 0 saturated carbocycles. The number of thioether (sulfide) groups is 1. The van der Waals surface area contributed by atoms with Crippen molar-refractivity contribution in [3.8, 4) is 0 Å². The van der Waals surface area contributed by atoms with Crippen molar-refractivity contribution in [1.29, 1.82) is 0 Å². The van der Waals surface area contributed by atoms with Crippen LogP contribution in [0.15, 0.2) is 34.0 Å². The summed E-state index contributed by atoms with van der Waals surface area (Å²) >= 11 is 3.17. The first-order valence-electron chi connectivity index (χ1n) is 9.15. The molecule has 150 valence electrons. The molecule has 1 aromatic carbocycles. The molecule has 1 fully saturated rings. The fourth-order valence-electron chi connectivity index (χ4n) is 3.06. The molecule has 0 aliphatic carbocycles. The second-order valence-electron chi connectivity index (χ2n) is 6.83. The SMILES string of the molecule is Cc1csc(SCc2ccccc2C(=O)OCC(=O)N2C[C@@H](C)O[C@@H](C)C2)n1. The van der Waals surface area contributed by atoms with Gasteiger partial charge in [0.25, 0.3) is 5.91 Å². The maximum absolute atomic E-state index is 12.6. The summed E-state index contributed by atoms with van der Waals surface area (Å²) in [6.45, 7) is 6.59. The number of morpholine rings is 1. The van der Waals surface area contributed by atoms with E-state index < -0.39 is 5.97 Å². The van der Waals surface area contributed by atoms with Crippen molar-refractivity contribution in [3.63, 3.8) is 0 Å². The fourth-order valence-corrected chi connectivity index (χ4v) is 4.91. The van der Waals surface area contributed by atoms with E-state index in [0.29, 0.717) is 24.4 Å². The molecule has 2 atom stereocenters. The van der Waals surface area contributed by atoms with Gasteiger partial charge in [-0.2, -0.15) is 0 Å². The molecule has 28 heavy (non-hydrogen) atoms. The van der Waals surface area contributed by atoms with Crippen molar-refractivity contribution in [2.45, 2.75) is 43.1 Å². The molecule has 1 aromatic heterocycles. The fraction of sp³-hybridized carbons (Fsp3) is 0.450. The van der Waals surface area contributed by atoms with Crippen molar-refractivity contribution in [1.82, 2.24) is 9.88 Å². The Kier molecular flexibility index (Phi) is 7.09. The first-order chi connectivity index (χ1) is 13.4. The summed E-state index contributed by atoms with van der Waals surface area (Å²) in [5.41, 5.74) is 2.34. The Labute approximate surface area is 173 Å². The van der Waals surface area contributed by atoms with Crippen LogP contribution in [-0.4, -0.2) is 53.7 Å². The van der Waals surface area contributed by atoms with Crippen LogP contribution in [0.25, 0.3) is 0 Å². The molecule has 2 aromatic rings. The number of benzene rings is 1. The molecule has 3 rings (SSSR count). The van der Waals surface area contributed by atoms with E-state index >= 15 is 0 Å². The number of ether oxygens (including phenoxy) is 2. The van der Waals surface area contributed by atoms with E-state index in [2.05, 4.69) is 4.98 Å². The van der Waals surface area contributed by atoms with Gasteiger partial charge in [0.15, 0.2) is 6.61 Å². The van der Waals surface area contributed by atoms with Crippen LogP contribution in [0.3, 0.4) is 0 Å². The van der Waals surface area contributed by atoms with Gasteiger partial charge >= 0.3 is 5.97 Å². The number of hydrogen-bond donors (Lipinski definition) is 0. The Hall–Kier alpha value is -1.90. The second kappa shape index (κ2) is 9.54. The van der Waals surface area contributed by atoms with Crippen LogP contribution in [0.5, 0.6) is 0 Å². The molecule has 0 radical (unpaired) electrons. The number of carbonyl (C=O) groups is 2. The van der Waals surface area contributed by atoms with E-state index in [1.54, 1.807) is 40.1 Å². The van der Waals surface area contributed by atoms with Gasteiger partial charge in [0.05, 0.1) is 17.8 Å². The van der Waals surface area contributed by atoms with Crippen LogP contribution in [-0.2, 0) is 20.0 Å². The molecule has 0 spiro atoms. The average molecular weight is 421 g/mol. The monoisotopic (exact) mass is 420 g/mol. The zero-order valence-electron chi connectivity index (χ0n) is 16.2. The Balaban J connectivity index is 1.57. The van der Waals surface area contributed by atoms with Crippen molar-refractivity contribution >= 4 is 35.0 Å². The lowest BCUT2D eigenvalue weighted by Crippen LogP contribution is -2.49. The molecule has 8 heteroatoms. The summed E-state index contributed by atoms with van der Waals surface area (Å²) in [4.78, 5) is 31.1. The summed E-state index contributed by atoms with van der Waals surface area (Å²) < 4.78 is 11.9. The number of aromatic nitrogens is 1. The molecule has 2 heterocycles. The van der Waals surface area contributed by atoms with Gasteiger partial charge in [-0.3, -0.25) is 4.79 Å². The third-order valence-corrected chi connectivity index (χ3v) is 6.47. The molecular weight excluding hydrogens is 396 g/mol. The van der Waals surface area contributed by atoms with Crippen LogP contribution in [0.2, 0.25) is 0 Å². The summed E-state index contributed by atoms with van der Waals surface area (Å²) in [5.74, 6) is -0.0558. The first kappa shape index (κ1) is 20.8. The van der Waals surface area contributed by atoms with E-state index in [-0.39, 0.29) is 24.7 Å². The molecule has 0 bridgehead atoms. The summed E-state index contributed by atoms with van der Waals surface area (Å²) in [6, 6.07) is 7.32. The van der Waals surface area contributed by atoms with Crippen molar-refractivity contribution < 1.29 is 19.1 Å². The number of rotatable bonds is 6. The van der Waals surface area contributed by atoms with Crippen molar-refractivity contribution in [2.75, 3.05) is 19.7 Å². The molecule has 0 unspecified atom stereocenters. The molecule has 6 nitrogen and oxygen atoms in total. The standard InChI is InChI=1S/C20H24N2O4S2/c1-13-11-27-20(21-13)28-12-16-6-4-5-7-17(16)19(24)25-10-18(23)22-8-14(2)26-15(3)9-22/h4-7,11,14-15H,8-10,12H2,1-3H3/t14-,15+. The van der Waals surface area contributed by atoms with Crippen LogP contribution in [0.4, 0.5) is 0 Å². The van der Waals surface area contributed by atoms with Gasteiger partial charge in [-0.15, -0.1) is 11.3 Å². The zero-order chi connectivity index (χ0) is 20.1. The zero-order valence-corrected chi connectivity index (χ0v) is 17.8. The lowest BCUT2D eigenvalue weighted by molar-refractivity contribution is -0.146. The molecule has 1 saturated heterocycles. The highest BCUT2D eigenvalue weighted by molar-refractivity contribution is 8.00. The van der Waals surface area contributed by atoms with Gasteiger partial charge in [0.1, 0.15) is 4.34 Å². The highest BCUT2D eigenvalue weighted by Gasteiger charge is 2.26. The Morgan fingerprint density at radius 2 is 2.00 bits per heavy atom. The van der Waals surface area contributed by atoms with Gasteiger partial charge < -0.3 is 14.4 Å². The van der Waals surface area contributed by atoms with Gasteiger partial charge in [0, 0.05) is 29.9 Å². The van der Waals surface area contributed by atoms with Gasteiger partial charge in [0.2, 0.25) is 0 Å². The Morgan fingerprint density at radius 1 is 1.29 bits per heavy atom. The molecule has 1 aliphatic heterocycles. The topological polar surface area (TPSA) is 68.7 Å². The predicted octanol–water partition coefficient (Wildman–Crippen LogP) is 3.54. The largest absolute Gasteiger partial charge is 0.452 e. The maximum atomic E-state index is 12.6. The normalized spacial score (nSPS) is 19.5. The predicted molar refractivity (Wildman–Crippen MR) is 110 cm³/mol. The lowest BCUT2D eigenvalue weighted by Gasteiger charge is -2.35. The van der Waals surface area contributed by atoms with Crippen molar-refractivity contribution in [2.24, 2.45) is 0 Å². The smallest absolute Gasteiger partial charge is 0.338 e. The minimum atomic E-state index is -0.478. The number of esters is 1. The number of carbonyl (C=O) groups excluding carboxylic acids is 2. The van der Waals surface area contributed by atoms with E-state index in [1.807, 2.05) is 38.3 Å². The van der Waals surface area contributed by atoms with Crippen LogP contribution >= 0.6 is 23.1 Å². The lowest BCUT2D eigenvalue weighted by atomic mass is 10.1. The maximum Gasteiger partial charge on any atom is 0.338 e. The van der Waals surface area contributed by atoms with E-state index in [0.717, 1.165) is 15.6 Å². The highest BCUT2D eigenvalue weighted by Crippen LogP contribution is 2.27. The van der Waals surface area contributed by atoms with Crippen molar-refractivity contribution in [3.05, 3.63) is 46.5 Å². The van der Waals surface area contributed by atoms with Crippen LogP contribution in [0.1, 0.15) is 35.5 Å². The third kappa shape index (κ3) is 5.56. The molecule has 1 aliphatic rings. The number of aryl methyl sites for hydroxylation is 1. The minimum absolute atomic E-state index is 0.0179. The average Bonchev–Trinajstić information content (AvgIpc) is 3.09. The summed E-state index contributed by atoms with van der Waals surface area (Å²) in [7, 11) is 0. The van der Waals surface area contributed by atoms with E-state index in [9.17, 15) is 9.59 Å². The van der Waals surface area contributed by atoms with Gasteiger partial charge in [-0.25, -0.2) is 9.78 Å². The van der Waals surface area contributed by atoms with Crippen LogP contribution in [0, 0.1) is 6.92 Å². The molecule has 0 N–H and O–H groups in total. The first-order valence-corrected chi connectivity index (χ1v) is 11.0. The minimum Gasteiger partial charge on any atom is -0.452 e. The third-order valence-electron chi connectivity index (χ3n) is 4.29. The van der Waals surface area contributed by atoms with Gasteiger partial charge in [-0.1, -0.05) is 30.0 Å². The number of hydrogen-bond acceptors (Lipinski definition) is 7. The summed E-state index contributed by atoms with van der Waals surface area (Å²) in [6.07, 6.45) is -0.0358. The summed E-state index contributed by atoms with van der Waals surface area (Å²) in [5, 5.41) is 2.00. The molecular formula is C20H24N2O4S2. The quantitative estimate of drug-likeness (QED) is 0.526. The van der Waals surface area contributed by atoms with E-state index in [1.165, 1.54) is 0 Å².